The highest BCUT2D eigenvalue weighted by atomic mass is 16.2. The molecule has 0 aliphatic carbocycles. The number of hydrogen-bond donors (Lipinski definition) is 5. The Kier molecular flexibility index (Phi) is 5.83. The van der Waals surface area contributed by atoms with Crippen molar-refractivity contribution in [2.24, 2.45) is 5.73 Å². The van der Waals surface area contributed by atoms with Gasteiger partial charge >= 0.3 is 0 Å². The molecule has 36 heavy (non-hydrogen) atoms. The Morgan fingerprint density at radius 2 is 1.67 bits per heavy atom. The number of primary amides is 1. The van der Waals surface area contributed by atoms with Gasteiger partial charge in [0.15, 0.2) is 0 Å². The Labute approximate surface area is 207 Å². The number of aryl methyl sites for hydroxylation is 1. The van der Waals surface area contributed by atoms with Gasteiger partial charge in [-0.1, -0.05) is 29.8 Å². The lowest BCUT2D eigenvalue weighted by Gasteiger charge is -2.11. The molecule has 0 saturated carbocycles. The minimum absolute atomic E-state index is 0.180. The molecule has 2 heterocycles. The number of amides is 3. The Hall–Kier alpha value is -5.11. The number of carbonyl (C=O) groups is 3. The molecule has 5 rings (SSSR count). The Balaban J connectivity index is 1.33. The molecule has 0 spiro atoms. The van der Waals surface area contributed by atoms with Crippen molar-refractivity contribution in [1.29, 1.82) is 0 Å². The minimum atomic E-state index is -0.540. The van der Waals surface area contributed by atoms with E-state index in [1.54, 1.807) is 18.2 Å². The monoisotopic (exact) mass is 477 g/mol. The van der Waals surface area contributed by atoms with Gasteiger partial charge in [0.25, 0.3) is 11.8 Å². The molecule has 1 aromatic heterocycles. The molecule has 0 fully saturated rings. The van der Waals surface area contributed by atoms with Gasteiger partial charge in [0.1, 0.15) is 0 Å². The van der Waals surface area contributed by atoms with Crippen molar-refractivity contribution in [2.75, 3.05) is 16.0 Å². The van der Waals surface area contributed by atoms with Crippen LogP contribution in [0.4, 0.5) is 22.7 Å². The summed E-state index contributed by atoms with van der Waals surface area (Å²) in [4.78, 5) is 39.4. The molecule has 8 heteroatoms. The highest BCUT2D eigenvalue weighted by Crippen LogP contribution is 2.36. The van der Waals surface area contributed by atoms with Crippen LogP contribution in [0, 0.1) is 6.92 Å². The number of aromatic amines is 1. The maximum atomic E-state index is 12.6. The highest BCUT2D eigenvalue weighted by molar-refractivity contribution is 6.35. The summed E-state index contributed by atoms with van der Waals surface area (Å²) in [5.74, 6) is -0.958. The smallest absolute Gasteiger partial charge is 0.256 e. The van der Waals surface area contributed by atoms with E-state index in [1.165, 1.54) is 6.20 Å². The van der Waals surface area contributed by atoms with Gasteiger partial charge in [-0.15, -0.1) is 0 Å². The van der Waals surface area contributed by atoms with Gasteiger partial charge < -0.3 is 26.7 Å². The lowest BCUT2D eigenvalue weighted by molar-refractivity contribution is -0.110. The standard InChI is InChI=1S/C28H23N5O3/c1-16-4-2-5-17(10-16)27(35)32-20-7-3-6-19(12-20)31-21-8-9-23-24(28(36)33-25(23)14-21)13-22-11-18(15-30-22)26(29)34/h2-15,30-31H,1H3,(H2,29,34)(H,32,35)(H,33,36)/b24-13-. The molecule has 0 unspecified atom stereocenters. The first-order valence-electron chi connectivity index (χ1n) is 11.3. The summed E-state index contributed by atoms with van der Waals surface area (Å²) in [5, 5.41) is 9.11. The Morgan fingerprint density at radius 1 is 0.889 bits per heavy atom. The van der Waals surface area contributed by atoms with E-state index in [0.29, 0.717) is 33.8 Å². The number of benzene rings is 3. The number of nitrogens with one attached hydrogen (secondary N) is 4. The van der Waals surface area contributed by atoms with Crippen molar-refractivity contribution in [2.45, 2.75) is 6.92 Å². The maximum absolute atomic E-state index is 12.6. The quantitative estimate of drug-likeness (QED) is 0.253. The second-order valence-electron chi connectivity index (χ2n) is 8.51. The van der Waals surface area contributed by atoms with Crippen molar-refractivity contribution < 1.29 is 14.4 Å². The van der Waals surface area contributed by atoms with Crippen molar-refractivity contribution in [3.63, 3.8) is 0 Å². The number of fused-ring (bicyclic) bond motifs is 1. The highest BCUT2D eigenvalue weighted by Gasteiger charge is 2.24. The van der Waals surface area contributed by atoms with Crippen LogP contribution in [-0.2, 0) is 4.79 Å². The zero-order valence-corrected chi connectivity index (χ0v) is 19.4. The maximum Gasteiger partial charge on any atom is 0.256 e. The molecule has 0 radical (unpaired) electrons. The van der Waals surface area contributed by atoms with E-state index in [1.807, 2.05) is 67.6 Å². The first kappa shape index (κ1) is 22.7. The van der Waals surface area contributed by atoms with Crippen molar-refractivity contribution in [1.82, 2.24) is 4.98 Å². The normalized spacial score (nSPS) is 13.2. The van der Waals surface area contributed by atoms with Crippen LogP contribution in [0.15, 0.2) is 79.0 Å². The molecule has 6 N–H and O–H groups in total. The summed E-state index contributed by atoms with van der Waals surface area (Å²) < 4.78 is 0. The van der Waals surface area contributed by atoms with Crippen LogP contribution in [0.5, 0.6) is 0 Å². The number of anilines is 4. The van der Waals surface area contributed by atoms with Gasteiger partial charge in [0.2, 0.25) is 5.91 Å². The first-order valence-corrected chi connectivity index (χ1v) is 11.3. The van der Waals surface area contributed by atoms with E-state index in [9.17, 15) is 14.4 Å². The fourth-order valence-corrected chi connectivity index (χ4v) is 4.04. The topological polar surface area (TPSA) is 129 Å². The van der Waals surface area contributed by atoms with E-state index in [4.69, 9.17) is 5.73 Å². The van der Waals surface area contributed by atoms with Crippen molar-refractivity contribution >= 4 is 52.1 Å². The van der Waals surface area contributed by atoms with E-state index >= 15 is 0 Å². The van der Waals surface area contributed by atoms with Crippen LogP contribution >= 0.6 is 0 Å². The largest absolute Gasteiger partial charge is 0.366 e. The number of rotatable bonds is 6. The third kappa shape index (κ3) is 4.74. The molecule has 0 bridgehead atoms. The second kappa shape index (κ2) is 9.27. The van der Waals surface area contributed by atoms with Crippen LogP contribution in [-0.4, -0.2) is 22.7 Å². The van der Waals surface area contributed by atoms with E-state index in [0.717, 1.165) is 22.5 Å². The van der Waals surface area contributed by atoms with Crippen molar-refractivity contribution in [3.05, 3.63) is 107 Å². The Bertz CT molecular complexity index is 1550. The molecule has 3 amide bonds. The lowest BCUT2D eigenvalue weighted by atomic mass is 10.1. The van der Waals surface area contributed by atoms with Gasteiger partial charge in [-0.25, -0.2) is 0 Å². The van der Waals surface area contributed by atoms with Gasteiger partial charge in [-0.05, 0) is 61.5 Å². The summed E-state index contributed by atoms with van der Waals surface area (Å²) >= 11 is 0. The predicted molar refractivity (Wildman–Crippen MR) is 141 cm³/mol. The SMILES string of the molecule is Cc1cccc(C(=O)Nc2cccc(Nc3ccc4c(c3)NC(=O)/C4=C\c3cc(C(N)=O)c[nH]3)c2)c1. The van der Waals surface area contributed by atoms with Crippen LogP contribution in [0.1, 0.15) is 37.5 Å². The lowest BCUT2D eigenvalue weighted by Crippen LogP contribution is -2.12. The first-order chi connectivity index (χ1) is 17.4. The number of aromatic nitrogens is 1. The molecule has 4 aromatic rings. The van der Waals surface area contributed by atoms with E-state index < -0.39 is 5.91 Å². The third-order valence-corrected chi connectivity index (χ3v) is 5.78. The number of H-pyrrole nitrogens is 1. The van der Waals surface area contributed by atoms with Gasteiger partial charge in [-0.3, -0.25) is 14.4 Å². The van der Waals surface area contributed by atoms with Crippen molar-refractivity contribution in [3.8, 4) is 0 Å². The zero-order chi connectivity index (χ0) is 25.2. The Morgan fingerprint density at radius 3 is 2.44 bits per heavy atom. The van der Waals surface area contributed by atoms with E-state index in [-0.39, 0.29) is 11.8 Å². The number of hydrogen-bond acceptors (Lipinski definition) is 4. The summed E-state index contributed by atoms with van der Waals surface area (Å²) in [6.07, 6.45) is 3.19. The summed E-state index contributed by atoms with van der Waals surface area (Å²) in [5.41, 5.74) is 12.0. The fourth-order valence-electron chi connectivity index (χ4n) is 4.04. The van der Waals surface area contributed by atoms with E-state index in [2.05, 4.69) is 20.9 Å². The van der Waals surface area contributed by atoms with Crippen LogP contribution in [0.2, 0.25) is 0 Å². The molecule has 3 aromatic carbocycles. The van der Waals surface area contributed by atoms with Gasteiger partial charge in [-0.2, -0.15) is 0 Å². The zero-order valence-electron chi connectivity index (χ0n) is 19.4. The number of carbonyl (C=O) groups excluding carboxylic acids is 3. The summed E-state index contributed by atoms with van der Waals surface area (Å²) in [7, 11) is 0. The van der Waals surface area contributed by atoms with Crippen LogP contribution in [0.25, 0.3) is 11.6 Å². The number of nitrogens with two attached hydrogens (primary N) is 1. The molecule has 0 atom stereocenters. The third-order valence-electron chi connectivity index (χ3n) is 5.78. The molecule has 178 valence electrons. The van der Waals surface area contributed by atoms with Crippen LogP contribution < -0.4 is 21.7 Å². The molecule has 8 nitrogen and oxygen atoms in total. The molecule has 1 aliphatic rings. The van der Waals surface area contributed by atoms with Crippen LogP contribution in [0.3, 0.4) is 0 Å². The second-order valence-corrected chi connectivity index (χ2v) is 8.51. The molecule has 0 saturated heterocycles. The summed E-state index contributed by atoms with van der Waals surface area (Å²) in [6, 6.07) is 22.0. The molecular weight excluding hydrogens is 454 g/mol. The molecular formula is C28H23N5O3. The molecule has 1 aliphatic heterocycles. The average molecular weight is 478 g/mol. The average Bonchev–Trinajstić information content (AvgIpc) is 3.44. The minimum Gasteiger partial charge on any atom is -0.366 e. The van der Waals surface area contributed by atoms with Gasteiger partial charge in [0, 0.05) is 40.1 Å². The summed E-state index contributed by atoms with van der Waals surface area (Å²) in [6.45, 7) is 1.94. The van der Waals surface area contributed by atoms with Gasteiger partial charge in [0.05, 0.1) is 16.8 Å². The fraction of sp³-hybridized carbons (Fsp3) is 0.0357. The predicted octanol–water partition coefficient (Wildman–Crippen LogP) is 4.91.